The molecular weight excluding hydrogens is 848 g/mol. The van der Waals surface area contributed by atoms with Gasteiger partial charge in [-0.1, -0.05) is 0 Å². The van der Waals surface area contributed by atoms with Crippen molar-refractivity contribution in [1.82, 2.24) is 0 Å². The largest absolute Gasteiger partial charge is 0.477 e. The number of aliphatic hydroxyl groups is 14. The first-order valence-corrected chi connectivity index (χ1v) is 18.3. The Bertz CT molecular complexity index is 1550. The van der Waals surface area contributed by atoms with Crippen LogP contribution in [0.15, 0.2) is 0 Å². The Morgan fingerprint density at radius 3 is 1.21 bits per heavy atom. The van der Waals surface area contributed by atoms with E-state index in [9.17, 15) is 111 Å². The van der Waals surface area contributed by atoms with E-state index >= 15 is 0 Å². The average molecular weight is 899 g/mol. The predicted octanol–water partition coefficient (Wildman–Crippen LogP) is -10.4. The third-order valence-electron chi connectivity index (χ3n) is 10.7. The summed E-state index contributed by atoms with van der Waals surface area (Å²) in [7, 11) is 0. The Morgan fingerprint density at radius 1 is 0.492 bits per heavy atom. The molecule has 4 rings (SSSR count). The molecular formula is C32H50O29. The lowest BCUT2D eigenvalue weighted by Gasteiger charge is -2.50. The minimum Gasteiger partial charge on any atom is -0.477 e. The molecule has 0 aromatic rings. The minimum absolute atomic E-state index is 1.15. The molecule has 0 amide bonds. The highest BCUT2D eigenvalue weighted by Gasteiger charge is 2.63. The Balaban J connectivity index is 1.65. The Labute approximate surface area is 341 Å². The van der Waals surface area contributed by atoms with Gasteiger partial charge in [-0.2, -0.15) is 0 Å². The van der Waals surface area contributed by atoms with Crippen LogP contribution in [0, 0.1) is 0 Å². The summed E-state index contributed by atoms with van der Waals surface area (Å²) in [6.07, 6.45) is -40.5. The first-order valence-electron chi connectivity index (χ1n) is 18.3. The second-order valence-electron chi connectivity index (χ2n) is 14.9. The van der Waals surface area contributed by atoms with Crippen LogP contribution in [-0.2, 0) is 52.3 Å². The van der Waals surface area contributed by atoms with Gasteiger partial charge in [0.15, 0.2) is 0 Å². The SMILES string of the molecule is O=C(O)[C@@]1(O[C@@H]2C[C@](OC[C@@H](O)[C@H]3O[C@@](O[C@@H]4C[C@](O)(C(=O)O)O[C@H](C(O)CO)[C@@H]4O)(C(=O)O)C[C@@H](O)[C@H]3O)(C(=O)O)O[C@H]([C@H](O)CO)[C@@H]2O)C[C@@H](O)[C@@H](O)[C@@H]([C@H](O)CO)O1. The molecule has 0 aromatic carbocycles. The highest BCUT2D eigenvalue weighted by atomic mass is 16.8. The molecule has 4 fully saturated rings. The van der Waals surface area contributed by atoms with E-state index < -0.39 is 197 Å². The summed E-state index contributed by atoms with van der Waals surface area (Å²) in [5.74, 6) is -21.7. The molecule has 0 aliphatic carbocycles. The third-order valence-corrected chi connectivity index (χ3v) is 10.7. The van der Waals surface area contributed by atoms with Crippen LogP contribution in [0.3, 0.4) is 0 Å². The molecule has 0 aromatic heterocycles. The Hall–Kier alpha value is -2.96. The van der Waals surface area contributed by atoms with Crippen molar-refractivity contribution in [3.8, 4) is 0 Å². The van der Waals surface area contributed by atoms with Gasteiger partial charge in [0.1, 0.15) is 73.2 Å². The maximum Gasteiger partial charge on any atom is 0.364 e. The van der Waals surface area contributed by atoms with Crippen molar-refractivity contribution in [2.24, 2.45) is 0 Å². The molecule has 4 aliphatic rings. The molecule has 0 bridgehead atoms. The first kappa shape index (κ1) is 50.7. The number of aliphatic carboxylic acids is 4. The van der Waals surface area contributed by atoms with Crippen LogP contribution >= 0.6 is 0 Å². The number of hydrogen-bond donors (Lipinski definition) is 18. The number of ether oxygens (including phenoxy) is 7. The second-order valence-corrected chi connectivity index (χ2v) is 14.9. The summed E-state index contributed by atoms with van der Waals surface area (Å²) in [6.45, 7) is -5.07. The van der Waals surface area contributed by atoms with Crippen molar-refractivity contribution in [1.29, 1.82) is 0 Å². The molecule has 352 valence electrons. The highest BCUT2D eigenvalue weighted by molar-refractivity contribution is 5.78. The van der Waals surface area contributed by atoms with Gasteiger partial charge in [0, 0.05) is 25.7 Å². The fraction of sp³-hybridized carbons (Fsp3) is 0.875. The molecule has 0 radical (unpaired) electrons. The van der Waals surface area contributed by atoms with E-state index in [-0.39, 0.29) is 0 Å². The summed E-state index contributed by atoms with van der Waals surface area (Å²) in [5.41, 5.74) is 0. The van der Waals surface area contributed by atoms with E-state index in [1.807, 2.05) is 0 Å². The van der Waals surface area contributed by atoms with Crippen LogP contribution in [0.2, 0.25) is 0 Å². The van der Waals surface area contributed by atoms with E-state index in [2.05, 4.69) is 0 Å². The molecule has 0 saturated carbocycles. The number of aliphatic hydroxyl groups excluding tert-OH is 13. The second kappa shape index (κ2) is 19.4. The Morgan fingerprint density at radius 2 is 0.836 bits per heavy atom. The van der Waals surface area contributed by atoms with Crippen LogP contribution in [0.1, 0.15) is 25.7 Å². The lowest BCUT2D eigenvalue weighted by molar-refractivity contribution is -0.381. The summed E-state index contributed by atoms with van der Waals surface area (Å²) < 4.78 is 37.1. The third kappa shape index (κ3) is 10.1. The Kier molecular flexibility index (Phi) is 16.1. The average Bonchev–Trinajstić information content (AvgIpc) is 3.20. The van der Waals surface area contributed by atoms with Crippen LogP contribution in [0.25, 0.3) is 0 Å². The number of hydrogen-bond acceptors (Lipinski definition) is 25. The van der Waals surface area contributed by atoms with Gasteiger partial charge < -0.3 is 125 Å². The van der Waals surface area contributed by atoms with Crippen molar-refractivity contribution < 1.29 is 144 Å². The minimum atomic E-state index is -3.30. The smallest absolute Gasteiger partial charge is 0.364 e. The van der Waals surface area contributed by atoms with E-state index in [4.69, 9.17) is 33.2 Å². The molecule has 4 heterocycles. The van der Waals surface area contributed by atoms with Crippen molar-refractivity contribution in [3.63, 3.8) is 0 Å². The lowest BCUT2D eigenvalue weighted by Crippen LogP contribution is -2.68. The van der Waals surface area contributed by atoms with Crippen LogP contribution in [-0.4, -0.2) is 263 Å². The van der Waals surface area contributed by atoms with Gasteiger partial charge in [0.2, 0.25) is 0 Å². The molecule has 29 nitrogen and oxygen atoms in total. The number of carboxylic acid groups (broad SMARTS) is 4. The topological polar surface area (TPSA) is 497 Å². The van der Waals surface area contributed by atoms with Gasteiger partial charge in [0.25, 0.3) is 23.1 Å². The van der Waals surface area contributed by atoms with Gasteiger partial charge in [-0.15, -0.1) is 0 Å². The van der Waals surface area contributed by atoms with Gasteiger partial charge >= 0.3 is 23.9 Å². The molecule has 4 saturated heterocycles. The maximum absolute atomic E-state index is 12.9. The predicted molar refractivity (Wildman–Crippen MR) is 179 cm³/mol. The summed E-state index contributed by atoms with van der Waals surface area (Å²) in [6, 6.07) is 0. The molecule has 18 N–H and O–H groups in total. The fourth-order valence-corrected chi connectivity index (χ4v) is 7.31. The van der Waals surface area contributed by atoms with Crippen LogP contribution in [0.5, 0.6) is 0 Å². The van der Waals surface area contributed by atoms with Gasteiger partial charge in [-0.3, -0.25) is 0 Å². The van der Waals surface area contributed by atoms with Gasteiger partial charge in [-0.05, 0) is 0 Å². The van der Waals surface area contributed by atoms with Crippen molar-refractivity contribution >= 4 is 23.9 Å². The molecule has 29 heteroatoms. The van der Waals surface area contributed by atoms with Crippen molar-refractivity contribution in [2.45, 2.75) is 146 Å². The summed E-state index contributed by atoms with van der Waals surface area (Å²) in [4.78, 5) is 50.0. The lowest BCUT2D eigenvalue weighted by atomic mass is 9.89. The standard InChI is InChI=1S/C32H50O29/c33-5-11(38)21-17(42)9(36)1-32(60-21,28(52)53)57-16-4-30(26(48)49,59-23(20(16)45)13(40)7-35)55-8-14(41)24-18(43)10(37)2-31(61-24,27(50)51)56-15-3-29(54,25(46)47)58-22(19(15)44)12(39)6-34/h9-24,33-45,54H,1-8H2,(H,46,47)(H,48,49)(H,50,51)(H,52,53)/t9-,10-,11-,12?,13-,14-,15-,16-,17-,18-,19-,20-,21-,22-,23-,24-,29-,30-,31-,32-/m1/s1. The quantitative estimate of drug-likeness (QED) is 0.0607. The zero-order chi connectivity index (χ0) is 46.2. The normalized spacial score (nSPS) is 44.0. The van der Waals surface area contributed by atoms with Crippen molar-refractivity contribution in [3.05, 3.63) is 0 Å². The first-order chi connectivity index (χ1) is 28.3. The van der Waals surface area contributed by atoms with E-state index in [1.165, 1.54) is 0 Å². The summed E-state index contributed by atoms with van der Waals surface area (Å²) in [5, 5.41) is 186. The maximum atomic E-state index is 12.9. The molecule has 20 atom stereocenters. The molecule has 0 spiro atoms. The van der Waals surface area contributed by atoms with E-state index in [0.29, 0.717) is 0 Å². The number of rotatable bonds is 18. The van der Waals surface area contributed by atoms with Crippen molar-refractivity contribution in [2.75, 3.05) is 26.4 Å². The molecule has 61 heavy (non-hydrogen) atoms. The van der Waals surface area contributed by atoms with Gasteiger partial charge in [0.05, 0.1) is 50.8 Å². The van der Waals surface area contributed by atoms with E-state index in [0.717, 1.165) is 0 Å². The summed E-state index contributed by atoms with van der Waals surface area (Å²) >= 11 is 0. The molecule has 1 unspecified atom stereocenters. The monoisotopic (exact) mass is 898 g/mol. The zero-order valence-electron chi connectivity index (χ0n) is 31.4. The number of carbonyl (C=O) groups is 4. The van der Waals surface area contributed by atoms with Gasteiger partial charge in [-0.25, -0.2) is 19.2 Å². The number of carboxylic acids is 4. The highest BCUT2D eigenvalue weighted by Crippen LogP contribution is 2.42. The molecule has 4 aliphatic heterocycles. The van der Waals surface area contributed by atoms with Crippen LogP contribution < -0.4 is 0 Å². The fourth-order valence-electron chi connectivity index (χ4n) is 7.31. The van der Waals surface area contributed by atoms with Crippen LogP contribution in [0.4, 0.5) is 0 Å². The zero-order valence-corrected chi connectivity index (χ0v) is 31.4. The van der Waals surface area contributed by atoms with E-state index in [1.54, 1.807) is 0 Å².